The van der Waals surface area contributed by atoms with E-state index in [2.05, 4.69) is 55.4 Å². The smallest absolute Gasteiger partial charge is 0.462 e. The van der Waals surface area contributed by atoms with Crippen molar-refractivity contribution >= 4 is 39.5 Å². The minimum atomic E-state index is -4.96. The molecule has 0 aromatic heterocycles. The van der Waals surface area contributed by atoms with Crippen LogP contribution in [0.15, 0.2) is 0 Å². The van der Waals surface area contributed by atoms with Gasteiger partial charge in [-0.05, 0) is 49.4 Å². The average molecular weight is 1370 g/mol. The summed E-state index contributed by atoms with van der Waals surface area (Å²) in [6, 6.07) is 0. The number of carbonyl (C=O) groups excluding carboxylic acids is 4. The molecule has 552 valence electrons. The molecule has 0 spiro atoms. The van der Waals surface area contributed by atoms with Crippen molar-refractivity contribution in [2.75, 3.05) is 39.6 Å². The van der Waals surface area contributed by atoms with Crippen molar-refractivity contribution in [1.29, 1.82) is 0 Å². The quantitative estimate of drug-likeness (QED) is 0.0222. The van der Waals surface area contributed by atoms with Gasteiger partial charge in [-0.1, -0.05) is 319 Å². The van der Waals surface area contributed by atoms with E-state index >= 15 is 0 Å². The van der Waals surface area contributed by atoms with E-state index in [0.29, 0.717) is 25.7 Å². The molecule has 0 aromatic carbocycles. The fourth-order valence-corrected chi connectivity index (χ4v) is 12.8. The lowest BCUT2D eigenvalue weighted by molar-refractivity contribution is -0.161. The Balaban J connectivity index is 5.24. The molecule has 0 aliphatic heterocycles. The van der Waals surface area contributed by atoms with Crippen molar-refractivity contribution in [1.82, 2.24) is 0 Å². The van der Waals surface area contributed by atoms with E-state index in [1.165, 1.54) is 173 Å². The summed E-state index contributed by atoms with van der Waals surface area (Å²) >= 11 is 0. The number of esters is 4. The molecule has 5 atom stereocenters. The molecule has 3 N–H and O–H groups in total. The molecule has 0 radical (unpaired) electrons. The van der Waals surface area contributed by atoms with Gasteiger partial charge in [-0.25, -0.2) is 9.13 Å². The third-order valence-corrected chi connectivity index (χ3v) is 19.0. The minimum Gasteiger partial charge on any atom is -0.462 e. The van der Waals surface area contributed by atoms with Gasteiger partial charge in [0.1, 0.15) is 19.3 Å². The number of unbranched alkanes of at least 4 members (excludes halogenated alkanes) is 37. The molecule has 17 nitrogen and oxygen atoms in total. The normalized spacial score (nSPS) is 14.2. The second-order valence-electron chi connectivity index (χ2n) is 28.6. The number of hydrogen-bond donors (Lipinski definition) is 3. The van der Waals surface area contributed by atoms with Gasteiger partial charge in [0, 0.05) is 25.7 Å². The first kappa shape index (κ1) is 91.1. The monoisotopic (exact) mass is 1370 g/mol. The number of ether oxygens (including phenoxy) is 4. The zero-order chi connectivity index (χ0) is 68.9. The van der Waals surface area contributed by atoms with Gasteiger partial charge in [-0.15, -0.1) is 0 Å². The summed E-state index contributed by atoms with van der Waals surface area (Å²) in [6.07, 6.45) is 47.3. The highest BCUT2D eigenvalue weighted by Crippen LogP contribution is 2.45. The lowest BCUT2D eigenvalue weighted by Crippen LogP contribution is -2.30. The molecule has 0 rings (SSSR count). The third kappa shape index (κ3) is 68.4. The van der Waals surface area contributed by atoms with Gasteiger partial charge in [0.15, 0.2) is 12.2 Å². The predicted molar refractivity (Wildman–Crippen MR) is 377 cm³/mol. The van der Waals surface area contributed by atoms with Crippen molar-refractivity contribution in [3.05, 3.63) is 0 Å². The molecule has 0 heterocycles. The van der Waals surface area contributed by atoms with E-state index in [0.717, 1.165) is 114 Å². The van der Waals surface area contributed by atoms with E-state index in [4.69, 9.17) is 37.0 Å². The summed E-state index contributed by atoms with van der Waals surface area (Å²) in [5.41, 5.74) is 0. The highest BCUT2D eigenvalue weighted by atomic mass is 31.2. The minimum absolute atomic E-state index is 0.104. The van der Waals surface area contributed by atoms with Crippen LogP contribution in [0.3, 0.4) is 0 Å². The number of phosphoric acid groups is 2. The second-order valence-corrected chi connectivity index (χ2v) is 31.5. The Morgan fingerprint density at radius 1 is 0.269 bits per heavy atom. The van der Waals surface area contributed by atoms with Crippen LogP contribution in [0.4, 0.5) is 0 Å². The molecule has 0 aromatic rings. The van der Waals surface area contributed by atoms with E-state index in [1.807, 2.05) is 0 Å². The van der Waals surface area contributed by atoms with Crippen molar-refractivity contribution in [2.45, 2.75) is 388 Å². The zero-order valence-corrected chi connectivity index (χ0v) is 62.7. The second kappa shape index (κ2) is 63.5. The first-order valence-electron chi connectivity index (χ1n) is 38.2. The summed E-state index contributed by atoms with van der Waals surface area (Å²) < 4.78 is 68.4. The number of phosphoric ester groups is 2. The third-order valence-electron chi connectivity index (χ3n) is 17.1. The zero-order valence-electron chi connectivity index (χ0n) is 60.9. The molecule has 0 saturated heterocycles. The summed E-state index contributed by atoms with van der Waals surface area (Å²) in [5.74, 6) is 0.885. The molecular formula is C74H144O17P2. The van der Waals surface area contributed by atoms with Crippen molar-refractivity contribution in [2.24, 2.45) is 23.7 Å². The Morgan fingerprint density at radius 2 is 0.452 bits per heavy atom. The van der Waals surface area contributed by atoms with Gasteiger partial charge < -0.3 is 33.8 Å². The molecule has 3 unspecified atom stereocenters. The first-order valence-corrected chi connectivity index (χ1v) is 41.2. The fourth-order valence-electron chi connectivity index (χ4n) is 11.2. The van der Waals surface area contributed by atoms with Gasteiger partial charge >= 0.3 is 39.5 Å². The lowest BCUT2D eigenvalue weighted by atomic mass is 10.0. The first-order chi connectivity index (χ1) is 44.6. The van der Waals surface area contributed by atoms with Gasteiger partial charge in [-0.2, -0.15) is 0 Å². The molecule has 0 bridgehead atoms. The number of aliphatic hydroxyl groups excluding tert-OH is 1. The molecule has 93 heavy (non-hydrogen) atoms. The van der Waals surface area contributed by atoms with Crippen molar-refractivity contribution < 1.29 is 80.2 Å². The Bertz CT molecular complexity index is 1830. The van der Waals surface area contributed by atoms with E-state index in [1.54, 1.807) is 0 Å². The number of rotatable bonds is 71. The number of aliphatic hydroxyl groups is 1. The average Bonchev–Trinajstić information content (AvgIpc) is 2.73. The maximum atomic E-state index is 13.1. The Labute approximate surface area is 568 Å². The SMILES string of the molecule is CC(C)CCCCCCCCCCCCCCCCCC(=O)O[C@H](COC(=O)CCCCCCCCCCCC(C)C)COP(=O)(O)OCC(O)COP(=O)(O)OC[C@@H](COC(=O)CCCCCCCCCCC(C)C)OC(=O)CCCCCCCCCCCC(C)C. The maximum Gasteiger partial charge on any atom is 0.472 e. The fraction of sp³-hybridized carbons (Fsp3) is 0.946. The predicted octanol–water partition coefficient (Wildman–Crippen LogP) is 21.3. The van der Waals surface area contributed by atoms with Crippen LogP contribution in [0.2, 0.25) is 0 Å². The highest BCUT2D eigenvalue weighted by molar-refractivity contribution is 7.47. The molecule has 0 amide bonds. The largest absolute Gasteiger partial charge is 0.472 e. The maximum absolute atomic E-state index is 13.1. The molecule has 0 saturated carbocycles. The van der Waals surface area contributed by atoms with Crippen LogP contribution in [0.1, 0.15) is 370 Å². The van der Waals surface area contributed by atoms with E-state index < -0.39 is 97.5 Å². The summed E-state index contributed by atoms with van der Waals surface area (Å²) in [7, 11) is -9.91. The van der Waals surface area contributed by atoms with Gasteiger partial charge in [0.2, 0.25) is 0 Å². The topological polar surface area (TPSA) is 237 Å². The van der Waals surface area contributed by atoms with Crippen LogP contribution in [-0.4, -0.2) is 96.7 Å². The lowest BCUT2D eigenvalue weighted by Gasteiger charge is -2.21. The van der Waals surface area contributed by atoms with Crippen LogP contribution >= 0.6 is 15.6 Å². The van der Waals surface area contributed by atoms with Crippen LogP contribution in [0.5, 0.6) is 0 Å². The van der Waals surface area contributed by atoms with Crippen LogP contribution in [-0.2, 0) is 65.4 Å². The van der Waals surface area contributed by atoms with Crippen LogP contribution in [0, 0.1) is 23.7 Å². The Morgan fingerprint density at radius 3 is 0.667 bits per heavy atom. The number of carbonyl (C=O) groups is 4. The van der Waals surface area contributed by atoms with Crippen molar-refractivity contribution in [3.63, 3.8) is 0 Å². The molecule has 0 fully saturated rings. The summed E-state index contributed by atoms with van der Waals surface area (Å²) in [5, 5.41) is 10.6. The van der Waals surface area contributed by atoms with Crippen molar-refractivity contribution in [3.8, 4) is 0 Å². The van der Waals surface area contributed by atoms with Crippen LogP contribution in [0.25, 0.3) is 0 Å². The van der Waals surface area contributed by atoms with E-state index in [-0.39, 0.29) is 25.7 Å². The summed E-state index contributed by atoms with van der Waals surface area (Å²) in [6.45, 7) is 14.1. The molecule has 0 aliphatic rings. The molecule has 19 heteroatoms. The van der Waals surface area contributed by atoms with Gasteiger partial charge in [0.25, 0.3) is 0 Å². The van der Waals surface area contributed by atoms with E-state index in [9.17, 15) is 43.2 Å². The van der Waals surface area contributed by atoms with Gasteiger partial charge in [-0.3, -0.25) is 37.3 Å². The molecule has 0 aliphatic carbocycles. The Kier molecular flexibility index (Phi) is 62.2. The highest BCUT2D eigenvalue weighted by Gasteiger charge is 2.30. The summed E-state index contributed by atoms with van der Waals surface area (Å²) in [4.78, 5) is 72.7. The number of hydrogen-bond acceptors (Lipinski definition) is 15. The standard InChI is InChI=1S/C74H144O17P2/c1-64(2)50-42-34-26-18-14-12-10-9-11-13-15-21-32-40-48-56-73(78)90-69(60-84-71(76)54-46-38-30-22-16-19-27-35-43-51-65(3)4)62-88-92(80,81)86-58-68(75)59-87-93(82,83)89-63-70(61-85-72(77)55-47-39-31-25-24-29-37-45-53-67(7)8)91-74(79)57-49-41-33-23-17-20-28-36-44-52-66(5)6/h64-70,75H,9-63H2,1-8H3,(H,80,81)(H,82,83)/t68?,69-,70-/m1/s1. The molecular weight excluding hydrogens is 1220 g/mol. The van der Waals surface area contributed by atoms with Crippen LogP contribution < -0.4 is 0 Å². The van der Waals surface area contributed by atoms with Gasteiger partial charge in [0.05, 0.1) is 26.4 Å². The Hall–Kier alpha value is -1.94.